The van der Waals surface area contributed by atoms with E-state index in [4.69, 9.17) is 5.73 Å². The lowest BCUT2D eigenvalue weighted by atomic mass is 9.71. The fraction of sp³-hybridized carbons (Fsp3) is 0.867. The second kappa shape index (κ2) is 6.44. The number of hydrogen-bond acceptors (Lipinski definition) is 1. The molecule has 0 heterocycles. The van der Waals surface area contributed by atoms with Crippen LogP contribution in [0.15, 0.2) is 12.2 Å². The first kappa shape index (κ1) is 15.7. The van der Waals surface area contributed by atoms with Crippen LogP contribution in [0.25, 0.3) is 0 Å². The van der Waals surface area contributed by atoms with Gasteiger partial charge in [-0.15, -0.1) is 0 Å². The fourth-order valence-corrected chi connectivity index (χ4v) is 2.43. The van der Waals surface area contributed by atoms with Crippen molar-refractivity contribution < 1.29 is 0 Å². The summed E-state index contributed by atoms with van der Waals surface area (Å²) in [6.45, 7) is 16.4. The maximum absolute atomic E-state index is 5.55. The van der Waals surface area contributed by atoms with E-state index in [1.54, 1.807) is 0 Å². The third-order valence-corrected chi connectivity index (χ3v) is 3.59. The molecule has 0 fully saturated rings. The summed E-state index contributed by atoms with van der Waals surface area (Å²) in [5.74, 6) is 0. The molecule has 0 amide bonds. The lowest BCUT2D eigenvalue weighted by Crippen LogP contribution is -2.22. The van der Waals surface area contributed by atoms with Crippen LogP contribution >= 0.6 is 0 Å². The summed E-state index contributed by atoms with van der Waals surface area (Å²) in [4.78, 5) is 0. The van der Waals surface area contributed by atoms with Crippen molar-refractivity contribution in [1.82, 2.24) is 0 Å². The molecule has 96 valence electrons. The molecule has 0 atom stereocenters. The van der Waals surface area contributed by atoms with E-state index in [1.807, 2.05) is 0 Å². The molecule has 16 heavy (non-hydrogen) atoms. The maximum Gasteiger partial charge on any atom is 0.0134 e. The summed E-state index contributed by atoms with van der Waals surface area (Å²) in [6.07, 6.45) is 6.14. The van der Waals surface area contributed by atoms with Crippen LogP contribution in [0.5, 0.6) is 0 Å². The summed E-state index contributed by atoms with van der Waals surface area (Å²) in [6, 6.07) is 0. The molecule has 0 aromatic carbocycles. The standard InChI is InChI=1S/C15H31N/c1-7-14(3,4)12-15(5,6)10-8-9-13(2)11-16/h2,7-12,16H2,1,3-6H3. The summed E-state index contributed by atoms with van der Waals surface area (Å²) in [5.41, 5.74) is 7.64. The van der Waals surface area contributed by atoms with Crippen LogP contribution in [-0.4, -0.2) is 6.54 Å². The van der Waals surface area contributed by atoms with E-state index in [9.17, 15) is 0 Å². The van der Waals surface area contributed by atoms with E-state index >= 15 is 0 Å². The second-order valence-electron chi connectivity index (χ2n) is 6.67. The summed E-state index contributed by atoms with van der Waals surface area (Å²) < 4.78 is 0. The van der Waals surface area contributed by atoms with E-state index in [0.29, 0.717) is 17.4 Å². The van der Waals surface area contributed by atoms with Crippen molar-refractivity contribution in [2.24, 2.45) is 16.6 Å². The zero-order valence-corrected chi connectivity index (χ0v) is 12.0. The van der Waals surface area contributed by atoms with Crippen LogP contribution < -0.4 is 5.73 Å². The van der Waals surface area contributed by atoms with Gasteiger partial charge in [0.15, 0.2) is 0 Å². The quantitative estimate of drug-likeness (QED) is 0.604. The smallest absolute Gasteiger partial charge is 0.0134 e. The van der Waals surface area contributed by atoms with Gasteiger partial charge in [0.1, 0.15) is 0 Å². The van der Waals surface area contributed by atoms with Crippen molar-refractivity contribution in [1.29, 1.82) is 0 Å². The molecule has 0 saturated heterocycles. The van der Waals surface area contributed by atoms with Gasteiger partial charge >= 0.3 is 0 Å². The second-order valence-corrected chi connectivity index (χ2v) is 6.67. The number of rotatable bonds is 8. The average Bonchev–Trinajstić information content (AvgIpc) is 2.15. The monoisotopic (exact) mass is 225 g/mol. The van der Waals surface area contributed by atoms with Crippen molar-refractivity contribution in [2.75, 3.05) is 6.54 Å². The van der Waals surface area contributed by atoms with Crippen LogP contribution in [0.1, 0.15) is 66.7 Å². The minimum atomic E-state index is 0.439. The molecule has 2 N–H and O–H groups in total. The van der Waals surface area contributed by atoms with E-state index in [1.165, 1.54) is 31.3 Å². The van der Waals surface area contributed by atoms with Crippen molar-refractivity contribution in [3.8, 4) is 0 Å². The number of nitrogens with two attached hydrogens (primary N) is 1. The summed E-state index contributed by atoms with van der Waals surface area (Å²) >= 11 is 0. The maximum atomic E-state index is 5.55. The van der Waals surface area contributed by atoms with Gasteiger partial charge in [-0.2, -0.15) is 0 Å². The Morgan fingerprint density at radius 1 is 1.12 bits per heavy atom. The highest BCUT2D eigenvalue weighted by atomic mass is 14.5. The van der Waals surface area contributed by atoms with Crippen LogP contribution in [0.4, 0.5) is 0 Å². The molecule has 0 saturated carbocycles. The van der Waals surface area contributed by atoms with Crippen LogP contribution in [-0.2, 0) is 0 Å². The summed E-state index contributed by atoms with van der Waals surface area (Å²) in [7, 11) is 0. The molecule has 0 aliphatic carbocycles. The van der Waals surface area contributed by atoms with E-state index in [-0.39, 0.29) is 0 Å². The lowest BCUT2D eigenvalue weighted by molar-refractivity contribution is 0.174. The van der Waals surface area contributed by atoms with Crippen molar-refractivity contribution in [3.05, 3.63) is 12.2 Å². The lowest BCUT2D eigenvalue weighted by Gasteiger charge is -2.34. The Morgan fingerprint density at radius 2 is 1.69 bits per heavy atom. The molecule has 0 rings (SSSR count). The van der Waals surface area contributed by atoms with Gasteiger partial charge in [0.2, 0.25) is 0 Å². The van der Waals surface area contributed by atoms with Gasteiger partial charge < -0.3 is 5.73 Å². The predicted molar refractivity (Wildman–Crippen MR) is 74.5 cm³/mol. The molecule has 1 nitrogen and oxygen atoms in total. The Balaban J connectivity index is 4.00. The first-order valence-electron chi connectivity index (χ1n) is 6.59. The van der Waals surface area contributed by atoms with Gasteiger partial charge in [0.05, 0.1) is 0 Å². The number of hydrogen-bond donors (Lipinski definition) is 1. The highest BCUT2D eigenvalue weighted by molar-refractivity contribution is 4.95. The van der Waals surface area contributed by atoms with Gasteiger partial charge in [-0.3, -0.25) is 0 Å². The molecule has 1 heteroatoms. The average molecular weight is 225 g/mol. The Labute approximate surface area is 102 Å². The van der Waals surface area contributed by atoms with Crippen molar-refractivity contribution in [2.45, 2.75) is 66.7 Å². The molecule has 0 aromatic heterocycles. The third-order valence-electron chi connectivity index (χ3n) is 3.59. The van der Waals surface area contributed by atoms with Crippen LogP contribution in [0, 0.1) is 10.8 Å². The molecule has 0 radical (unpaired) electrons. The van der Waals surface area contributed by atoms with E-state index < -0.39 is 0 Å². The van der Waals surface area contributed by atoms with E-state index in [2.05, 4.69) is 41.2 Å². The fourth-order valence-electron chi connectivity index (χ4n) is 2.43. The molecule has 0 aliphatic heterocycles. The van der Waals surface area contributed by atoms with Crippen molar-refractivity contribution in [3.63, 3.8) is 0 Å². The molecule has 0 bridgehead atoms. The molecule has 0 unspecified atom stereocenters. The van der Waals surface area contributed by atoms with Gasteiger partial charge in [-0.1, -0.05) is 53.2 Å². The summed E-state index contributed by atoms with van der Waals surface area (Å²) in [5, 5.41) is 0. The van der Waals surface area contributed by atoms with Gasteiger partial charge in [0.25, 0.3) is 0 Å². The molecular weight excluding hydrogens is 194 g/mol. The normalized spacial score (nSPS) is 12.9. The van der Waals surface area contributed by atoms with Crippen molar-refractivity contribution >= 4 is 0 Å². The zero-order chi connectivity index (χ0) is 12.8. The molecule has 0 spiro atoms. The topological polar surface area (TPSA) is 26.0 Å². The zero-order valence-electron chi connectivity index (χ0n) is 12.0. The Morgan fingerprint density at radius 3 is 2.12 bits per heavy atom. The Bertz CT molecular complexity index is 213. The molecular formula is C15H31N. The molecule has 0 aromatic rings. The SMILES string of the molecule is C=C(CN)CCCC(C)(C)CC(C)(C)CC. The Kier molecular flexibility index (Phi) is 6.32. The van der Waals surface area contributed by atoms with E-state index in [0.717, 1.165) is 6.42 Å². The van der Waals surface area contributed by atoms with Gasteiger partial charge in [-0.25, -0.2) is 0 Å². The highest BCUT2D eigenvalue weighted by Gasteiger charge is 2.26. The first-order valence-corrected chi connectivity index (χ1v) is 6.59. The first-order chi connectivity index (χ1) is 7.22. The largest absolute Gasteiger partial charge is 0.327 e. The molecule has 0 aliphatic rings. The predicted octanol–water partition coefficient (Wildman–Crippen LogP) is 4.52. The minimum absolute atomic E-state index is 0.439. The van der Waals surface area contributed by atoms with Crippen LogP contribution in [0.2, 0.25) is 0 Å². The minimum Gasteiger partial charge on any atom is -0.327 e. The van der Waals surface area contributed by atoms with Gasteiger partial charge in [0, 0.05) is 6.54 Å². The Hall–Kier alpha value is -0.300. The highest BCUT2D eigenvalue weighted by Crippen LogP contribution is 2.39. The third kappa shape index (κ3) is 7.05. The van der Waals surface area contributed by atoms with Gasteiger partial charge in [-0.05, 0) is 36.5 Å². The van der Waals surface area contributed by atoms with Crippen LogP contribution in [0.3, 0.4) is 0 Å².